The fourth-order valence-electron chi connectivity index (χ4n) is 2.25. The average molecular weight is 283 g/mol. The summed E-state index contributed by atoms with van der Waals surface area (Å²) >= 11 is 0. The number of amides is 1. The van der Waals surface area contributed by atoms with Crippen molar-refractivity contribution < 1.29 is 13.2 Å². The summed E-state index contributed by atoms with van der Waals surface area (Å²) in [5.74, 6) is -0.109. The van der Waals surface area contributed by atoms with Crippen LogP contribution in [0.4, 0.5) is 11.4 Å². The second kappa shape index (κ2) is 4.73. The van der Waals surface area contributed by atoms with E-state index in [1.54, 1.807) is 25.2 Å². The first-order valence-electron chi connectivity index (χ1n) is 5.92. The highest BCUT2D eigenvalue weighted by Crippen LogP contribution is 2.20. The molecule has 1 aliphatic rings. The molecule has 2 rings (SSSR count). The Labute approximate surface area is 112 Å². The molecular formula is C12H17N3O3S. The van der Waals surface area contributed by atoms with E-state index in [9.17, 15) is 13.2 Å². The van der Waals surface area contributed by atoms with Crippen LogP contribution in [0.3, 0.4) is 0 Å². The van der Waals surface area contributed by atoms with Gasteiger partial charge < -0.3 is 16.4 Å². The van der Waals surface area contributed by atoms with Crippen LogP contribution in [-0.4, -0.2) is 43.8 Å². The number of nitrogen functional groups attached to an aromatic ring is 2. The van der Waals surface area contributed by atoms with Crippen molar-refractivity contribution in [1.29, 1.82) is 0 Å². The Morgan fingerprint density at radius 2 is 1.84 bits per heavy atom. The van der Waals surface area contributed by atoms with Gasteiger partial charge >= 0.3 is 0 Å². The Morgan fingerprint density at radius 3 is 2.32 bits per heavy atom. The van der Waals surface area contributed by atoms with Crippen molar-refractivity contribution in [2.24, 2.45) is 0 Å². The van der Waals surface area contributed by atoms with Crippen molar-refractivity contribution in [3.63, 3.8) is 0 Å². The maximum Gasteiger partial charge on any atom is 0.254 e. The molecule has 0 spiro atoms. The SMILES string of the molecule is CN(C(=O)c1cc(N)cc(N)c1)C1CCS(=O)(=O)C1. The lowest BCUT2D eigenvalue weighted by atomic mass is 10.1. The summed E-state index contributed by atoms with van der Waals surface area (Å²) in [6, 6.07) is 4.37. The van der Waals surface area contributed by atoms with Crippen LogP contribution in [0.1, 0.15) is 16.8 Å². The quantitative estimate of drug-likeness (QED) is 0.749. The van der Waals surface area contributed by atoms with E-state index in [4.69, 9.17) is 11.5 Å². The standard InChI is InChI=1S/C12H17N3O3S/c1-15(11-2-3-19(17,18)7-11)12(16)8-4-9(13)6-10(14)5-8/h4-6,11H,2-3,7,13-14H2,1H3. The summed E-state index contributed by atoms with van der Waals surface area (Å²) < 4.78 is 22.9. The lowest BCUT2D eigenvalue weighted by Crippen LogP contribution is -2.37. The van der Waals surface area contributed by atoms with Crippen LogP contribution in [0.5, 0.6) is 0 Å². The van der Waals surface area contributed by atoms with Crippen molar-refractivity contribution >= 4 is 27.1 Å². The Hall–Kier alpha value is -1.76. The van der Waals surface area contributed by atoms with E-state index in [2.05, 4.69) is 0 Å². The molecule has 1 amide bonds. The number of nitrogens with two attached hydrogens (primary N) is 2. The Bertz CT molecular complexity index is 592. The van der Waals surface area contributed by atoms with Gasteiger partial charge in [-0.3, -0.25) is 4.79 Å². The number of hydrogen-bond acceptors (Lipinski definition) is 5. The average Bonchev–Trinajstić information content (AvgIpc) is 2.66. The minimum absolute atomic E-state index is 0.0209. The molecule has 1 aromatic carbocycles. The minimum atomic E-state index is -3.02. The van der Waals surface area contributed by atoms with Gasteiger partial charge in [-0.1, -0.05) is 0 Å². The molecule has 104 valence electrons. The van der Waals surface area contributed by atoms with E-state index in [1.807, 2.05) is 0 Å². The second-order valence-electron chi connectivity index (χ2n) is 4.86. The molecule has 6 nitrogen and oxygen atoms in total. The van der Waals surface area contributed by atoms with Crippen molar-refractivity contribution in [2.75, 3.05) is 30.0 Å². The highest BCUT2D eigenvalue weighted by atomic mass is 32.2. The van der Waals surface area contributed by atoms with E-state index in [0.29, 0.717) is 23.4 Å². The predicted molar refractivity (Wildman–Crippen MR) is 74.4 cm³/mol. The third-order valence-electron chi connectivity index (χ3n) is 3.30. The Balaban J connectivity index is 2.20. The number of hydrogen-bond donors (Lipinski definition) is 2. The molecule has 0 bridgehead atoms. The van der Waals surface area contributed by atoms with E-state index in [1.165, 1.54) is 4.90 Å². The number of sulfone groups is 1. The zero-order chi connectivity index (χ0) is 14.2. The van der Waals surface area contributed by atoms with Crippen LogP contribution in [0.25, 0.3) is 0 Å². The van der Waals surface area contributed by atoms with Crippen LogP contribution in [-0.2, 0) is 9.84 Å². The van der Waals surface area contributed by atoms with Crippen LogP contribution in [0.15, 0.2) is 18.2 Å². The second-order valence-corrected chi connectivity index (χ2v) is 7.09. The van der Waals surface area contributed by atoms with Gasteiger partial charge in [-0.2, -0.15) is 0 Å². The fourth-order valence-corrected chi connectivity index (χ4v) is 4.02. The molecule has 1 aliphatic heterocycles. The smallest absolute Gasteiger partial charge is 0.254 e. The summed E-state index contributed by atoms with van der Waals surface area (Å²) in [5.41, 5.74) is 12.5. The highest BCUT2D eigenvalue weighted by Gasteiger charge is 2.33. The van der Waals surface area contributed by atoms with Crippen LogP contribution in [0.2, 0.25) is 0 Å². The zero-order valence-corrected chi connectivity index (χ0v) is 11.5. The van der Waals surface area contributed by atoms with E-state index < -0.39 is 9.84 Å². The maximum absolute atomic E-state index is 12.3. The number of benzene rings is 1. The first-order chi connectivity index (χ1) is 8.78. The van der Waals surface area contributed by atoms with Gasteiger partial charge in [-0.25, -0.2) is 8.42 Å². The molecule has 0 radical (unpaired) electrons. The molecule has 0 aromatic heterocycles. The molecule has 1 fully saturated rings. The molecule has 1 unspecified atom stereocenters. The van der Waals surface area contributed by atoms with E-state index in [-0.39, 0.29) is 23.5 Å². The predicted octanol–water partition coefficient (Wildman–Crippen LogP) is 0.110. The van der Waals surface area contributed by atoms with Gasteiger partial charge in [0.15, 0.2) is 9.84 Å². The van der Waals surface area contributed by atoms with Crippen molar-refractivity contribution in [3.05, 3.63) is 23.8 Å². The number of anilines is 2. The van der Waals surface area contributed by atoms with Gasteiger partial charge in [0, 0.05) is 30.0 Å². The summed E-state index contributed by atoms with van der Waals surface area (Å²) in [6.45, 7) is 0. The first-order valence-corrected chi connectivity index (χ1v) is 7.74. The normalized spacial score (nSPS) is 21.2. The lowest BCUT2D eigenvalue weighted by Gasteiger charge is -2.23. The molecule has 1 aromatic rings. The lowest BCUT2D eigenvalue weighted by molar-refractivity contribution is 0.0748. The molecule has 0 aliphatic carbocycles. The Morgan fingerprint density at radius 1 is 1.26 bits per heavy atom. The van der Waals surface area contributed by atoms with Gasteiger partial charge in [-0.05, 0) is 24.6 Å². The van der Waals surface area contributed by atoms with Crippen LogP contribution in [0, 0.1) is 0 Å². The number of carbonyl (C=O) groups is 1. The molecular weight excluding hydrogens is 266 g/mol. The molecule has 4 N–H and O–H groups in total. The van der Waals surface area contributed by atoms with Crippen LogP contribution >= 0.6 is 0 Å². The summed E-state index contributed by atoms with van der Waals surface area (Å²) in [4.78, 5) is 13.7. The zero-order valence-electron chi connectivity index (χ0n) is 10.7. The molecule has 7 heteroatoms. The summed E-state index contributed by atoms with van der Waals surface area (Å²) in [5, 5.41) is 0. The maximum atomic E-state index is 12.3. The van der Waals surface area contributed by atoms with Crippen molar-refractivity contribution in [3.8, 4) is 0 Å². The monoisotopic (exact) mass is 283 g/mol. The van der Waals surface area contributed by atoms with E-state index >= 15 is 0 Å². The molecule has 1 atom stereocenters. The molecule has 0 saturated carbocycles. The van der Waals surface area contributed by atoms with E-state index in [0.717, 1.165) is 0 Å². The van der Waals surface area contributed by atoms with Gasteiger partial charge in [0.1, 0.15) is 0 Å². The fraction of sp³-hybridized carbons (Fsp3) is 0.417. The topological polar surface area (TPSA) is 106 Å². The van der Waals surface area contributed by atoms with Gasteiger partial charge in [0.25, 0.3) is 5.91 Å². The Kier molecular flexibility index (Phi) is 3.40. The number of nitrogens with zero attached hydrogens (tertiary/aromatic N) is 1. The number of carbonyl (C=O) groups excluding carboxylic acids is 1. The van der Waals surface area contributed by atoms with Crippen molar-refractivity contribution in [1.82, 2.24) is 4.90 Å². The molecule has 19 heavy (non-hydrogen) atoms. The third kappa shape index (κ3) is 2.98. The number of rotatable bonds is 2. The highest BCUT2D eigenvalue weighted by molar-refractivity contribution is 7.91. The van der Waals surface area contributed by atoms with Gasteiger partial charge in [-0.15, -0.1) is 0 Å². The third-order valence-corrected chi connectivity index (χ3v) is 5.05. The molecule has 1 saturated heterocycles. The van der Waals surface area contributed by atoms with Crippen molar-refractivity contribution in [2.45, 2.75) is 12.5 Å². The van der Waals surface area contributed by atoms with Gasteiger partial charge in [0.05, 0.1) is 11.5 Å². The summed E-state index contributed by atoms with van der Waals surface area (Å²) in [6.07, 6.45) is 0.475. The van der Waals surface area contributed by atoms with Crippen LogP contribution < -0.4 is 11.5 Å². The largest absolute Gasteiger partial charge is 0.399 e. The van der Waals surface area contributed by atoms with Gasteiger partial charge in [0.2, 0.25) is 0 Å². The minimum Gasteiger partial charge on any atom is -0.399 e. The molecule has 1 heterocycles. The summed E-state index contributed by atoms with van der Waals surface area (Å²) in [7, 11) is -1.41. The first kappa shape index (κ1) is 13.7.